The summed E-state index contributed by atoms with van der Waals surface area (Å²) in [5.41, 5.74) is 2.90. The van der Waals surface area contributed by atoms with Gasteiger partial charge in [-0.15, -0.1) is 12.4 Å². The van der Waals surface area contributed by atoms with Crippen LogP contribution < -0.4 is 4.90 Å². The minimum atomic E-state index is -0.270. The summed E-state index contributed by atoms with van der Waals surface area (Å²) in [6.07, 6.45) is 3.68. The molecule has 24 heavy (non-hydrogen) atoms. The van der Waals surface area contributed by atoms with Crippen molar-refractivity contribution in [3.05, 3.63) is 69.5 Å². The third-order valence-corrected chi connectivity index (χ3v) is 4.49. The summed E-state index contributed by atoms with van der Waals surface area (Å²) < 4.78 is 14.3. The van der Waals surface area contributed by atoms with E-state index in [1.807, 2.05) is 36.2 Å². The zero-order valence-electron chi connectivity index (χ0n) is 13.0. The molecule has 0 atom stereocenters. The Bertz CT molecular complexity index is 803. The third-order valence-electron chi connectivity index (χ3n) is 3.75. The van der Waals surface area contributed by atoms with Crippen LogP contribution >= 0.6 is 35.6 Å². The lowest BCUT2D eigenvalue weighted by Crippen LogP contribution is -2.20. The average Bonchev–Trinajstić information content (AvgIpc) is 2.69. The van der Waals surface area contributed by atoms with Crippen molar-refractivity contribution in [3.8, 4) is 0 Å². The standard InChI is InChI=1S/C18H15Cl2FN2.ClH/c1-23-10-9-22-16(18-15(21)3-2-4-17(18)23)8-6-12-5-7-13(19)14(20)11-12;/h2-8,11H,9-10H2,1H3;1H. The second-order valence-corrected chi connectivity index (χ2v) is 6.14. The van der Waals surface area contributed by atoms with Gasteiger partial charge in [0.15, 0.2) is 0 Å². The predicted molar refractivity (Wildman–Crippen MR) is 104 cm³/mol. The maximum Gasteiger partial charge on any atom is 0.134 e. The van der Waals surface area contributed by atoms with Crippen molar-refractivity contribution < 1.29 is 4.39 Å². The van der Waals surface area contributed by atoms with Crippen LogP contribution in [0.15, 0.2) is 47.5 Å². The number of aliphatic imine (C=N–C) groups is 1. The van der Waals surface area contributed by atoms with Crippen LogP contribution in [0.3, 0.4) is 0 Å². The van der Waals surface area contributed by atoms with E-state index < -0.39 is 0 Å². The van der Waals surface area contributed by atoms with Gasteiger partial charge in [-0.1, -0.05) is 41.4 Å². The number of likely N-dealkylation sites (N-methyl/N-ethyl adjacent to an activating group) is 1. The molecule has 1 aliphatic heterocycles. The molecule has 126 valence electrons. The molecule has 2 aromatic rings. The first-order valence-electron chi connectivity index (χ1n) is 7.24. The molecule has 0 bridgehead atoms. The van der Waals surface area contributed by atoms with E-state index in [4.69, 9.17) is 23.2 Å². The molecule has 0 aliphatic carbocycles. The Kier molecular flexibility index (Phi) is 6.27. The number of nitrogens with zero attached hydrogens (tertiary/aromatic N) is 2. The second-order valence-electron chi connectivity index (χ2n) is 5.33. The molecule has 6 heteroatoms. The van der Waals surface area contributed by atoms with Crippen molar-refractivity contribution in [2.45, 2.75) is 0 Å². The van der Waals surface area contributed by atoms with Crippen LogP contribution in [0.25, 0.3) is 6.08 Å². The van der Waals surface area contributed by atoms with Crippen molar-refractivity contribution in [2.24, 2.45) is 4.99 Å². The number of rotatable bonds is 2. The molecule has 0 N–H and O–H groups in total. The average molecular weight is 386 g/mol. The van der Waals surface area contributed by atoms with Gasteiger partial charge in [-0.2, -0.15) is 0 Å². The van der Waals surface area contributed by atoms with Crippen LogP contribution in [-0.4, -0.2) is 25.8 Å². The van der Waals surface area contributed by atoms with Gasteiger partial charge in [0, 0.05) is 19.3 Å². The summed E-state index contributed by atoms with van der Waals surface area (Å²) in [6, 6.07) is 10.5. The van der Waals surface area contributed by atoms with Gasteiger partial charge in [-0.25, -0.2) is 4.39 Å². The lowest BCUT2D eigenvalue weighted by atomic mass is 10.0. The predicted octanol–water partition coefficient (Wildman–Crippen LogP) is 5.51. The zero-order valence-corrected chi connectivity index (χ0v) is 15.3. The first-order valence-corrected chi connectivity index (χ1v) is 7.99. The van der Waals surface area contributed by atoms with E-state index in [2.05, 4.69) is 4.99 Å². The van der Waals surface area contributed by atoms with E-state index in [1.165, 1.54) is 6.07 Å². The molecule has 0 spiro atoms. The van der Waals surface area contributed by atoms with Gasteiger partial charge >= 0.3 is 0 Å². The third kappa shape index (κ3) is 3.92. The number of fused-ring (bicyclic) bond motifs is 1. The smallest absolute Gasteiger partial charge is 0.134 e. The second kappa shape index (κ2) is 8.02. The van der Waals surface area contributed by atoms with Crippen LogP contribution in [0, 0.1) is 5.82 Å². The number of allylic oxidation sites excluding steroid dienone is 1. The minimum absolute atomic E-state index is 0. The van der Waals surface area contributed by atoms with Gasteiger partial charge in [-0.05, 0) is 35.9 Å². The van der Waals surface area contributed by atoms with Crippen LogP contribution in [0.5, 0.6) is 0 Å². The molecule has 3 rings (SSSR count). The monoisotopic (exact) mass is 384 g/mol. The largest absolute Gasteiger partial charge is 0.372 e. The summed E-state index contributed by atoms with van der Waals surface area (Å²) in [7, 11) is 1.94. The van der Waals surface area contributed by atoms with Crippen LogP contribution in [-0.2, 0) is 0 Å². The van der Waals surface area contributed by atoms with Gasteiger partial charge in [0.25, 0.3) is 0 Å². The topological polar surface area (TPSA) is 15.6 Å². The van der Waals surface area contributed by atoms with Gasteiger partial charge in [0.2, 0.25) is 0 Å². The normalized spacial score (nSPS) is 14.0. The molecular weight excluding hydrogens is 370 g/mol. The van der Waals surface area contributed by atoms with Gasteiger partial charge in [-0.3, -0.25) is 4.99 Å². The van der Waals surface area contributed by atoms with Gasteiger partial charge in [0.1, 0.15) is 5.82 Å². The molecule has 1 aliphatic rings. The first kappa shape index (κ1) is 18.8. The van der Waals surface area contributed by atoms with Crippen molar-refractivity contribution in [3.63, 3.8) is 0 Å². The lowest BCUT2D eigenvalue weighted by molar-refractivity contribution is 0.625. The highest BCUT2D eigenvalue weighted by atomic mass is 35.5. The number of benzodiazepines with no additional fused rings is 1. The fourth-order valence-electron chi connectivity index (χ4n) is 2.53. The Morgan fingerprint density at radius 3 is 2.67 bits per heavy atom. The Balaban J connectivity index is 0.00000208. The molecule has 0 saturated heterocycles. The Hall–Kier alpha value is -1.55. The first-order chi connectivity index (χ1) is 11.1. The summed E-state index contributed by atoms with van der Waals surface area (Å²) in [4.78, 5) is 6.54. The molecule has 0 aromatic heterocycles. The fraction of sp³-hybridized carbons (Fsp3) is 0.167. The molecule has 0 amide bonds. The highest BCUT2D eigenvalue weighted by Gasteiger charge is 2.18. The maximum absolute atomic E-state index is 14.3. The Morgan fingerprint density at radius 1 is 1.12 bits per heavy atom. The van der Waals surface area contributed by atoms with Crippen LogP contribution in [0.2, 0.25) is 10.0 Å². The molecule has 2 nitrogen and oxygen atoms in total. The van der Waals surface area contributed by atoms with Crippen molar-refractivity contribution >= 4 is 53.1 Å². The number of benzene rings is 2. The van der Waals surface area contributed by atoms with E-state index >= 15 is 0 Å². The quantitative estimate of drug-likeness (QED) is 0.666. The van der Waals surface area contributed by atoms with E-state index in [0.717, 1.165) is 17.8 Å². The number of hydrogen-bond donors (Lipinski definition) is 0. The summed E-state index contributed by atoms with van der Waals surface area (Å²) in [5.74, 6) is -0.270. The molecule has 0 unspecified atom stereocenters. The minimum Gasteiger partial charge on any atom is -0.372 e. The summed E-state index contributed by atoms with van der Waals surface area (Å²) in [6.45, 7) is 1.37. The van der Waals surface area contributed by atoms with Crippen LogP contribution in [0.4, 0.5) is 10.1 Å². The highest BCUT2D eigenvalue weighted by Crippen LogP contribution is 2.27. The lowest BCUT2D eigenvalue weighted by Gasteiger charge is -2.19. The fourth-order valence-corrected chi connectivity index (χ4v) is 2.84. The van der Waals surface area contributed by atoms with Crippen molar-refractivity contribution in [1.29, 1.82) is 0 Å². The highest BCUT2D eigenvalue weighted by molar-refractivity contribution is 6.42. The van der Waals surface area contributed by atoms with Crippen LogP contribution in [0.1, 0.15) is 11.1 Å². The molecule has 2 aromatic carbocycles. The maximum atomic E-state index is 14.3. The number of hydrogen-bond acceptors (Lipinski definition) is 2. The number of halogens is 4. The SMILES string of the molecule is CN1CCN=C(C=Cc2ccc(Cl)c(Cl)c2)c2c(F)cccc21.Cl. The van der Waals surface area contributed by atoms with Crippen molar-refractivity contribution in [1.82, 2.24) is 0 Å². The molecule has 1 heterocycles. The molecular formula is C18H16Cl3FN2. The molecule has 0 radical (unpaired) electrons. The van der Waals surface area contributed by atoms with Gasteiger partial charge in [0.05, 0.1) is 27.9 Å². The Morgan fingerprint density at radius 2 is 1.92 bits per heavy atom. The van der Waals surface area contributed by atoms with E-state index in [1.54, 1.807) is 18.2 Å². The molecule has 0 saturated carbocycles. The van der Waals surface area contributed by atoms with Crippen molar-refractivity contribution in [2.75, 3.05) is 25.0 Å². The Labute approximate surface area is 157 Å². The van der Waals surface area contributed by atoms with E-state index in [9.17, 15) is 4.39 Å². The molecule has 0 fully saturated rings. The van der Waals surface area contributed by atoms with Gasteiger partial charge < -0.3 is 4.90 Å². The number of anilines is 1. The summed E-state index contributed by atoms with van der Waals surface area (Å²) >= 11 is 11.9. The summed E-state index contributed by atoms with van der Waals surface area (Å²) in [5, 5.41) is 0.997. The van der Waals surface area contributed by atoms with E-state index in [0.29, 0.717) is 27.9 Å². The van der Waals surface area contributed by atoms with E-state index in [-0.39, 0.29) is 18.2 Å². The zero-order chi connectivity index (χ0) is 16.4.